The van der Waals surface area contributed by atoms with Crippen LogP contribution in [0.5, 0.6) is 0 Å². The average Bonchev–Trinajstić information content (AvgIpc) is 3.21. The lowest BCUT2D eigenvalue weighted by molar-refractivity contribution is 0.195. The molecular weight excluding hydrogens is 348 g/mol. The molecule has 0 radical (unpaired) electrons. The van der Waals surface area contributed by atoms with E-state index in [0.29, 0.717) is 5.92 Å². The highest BCUT2D eigenvalue weighted by Gasteiger charge is 2.25. The molecule has 2 amide bonds. The third-order valence-electron chi connectivity index (χ3n) is 6.11. The van der Waals surface area contributed by atoms with Crippen molar-refractivity contribution in [3.8, 4) is 0 Å². The number of pyridine rings is 2. The largest absolute Gasteiger partial charge is 0.324 e. The topological polar surface area (TPSA) is 58.1 Å². The molecule has 1 aromatic carbocycles. The van der Waals surface area contributed by atoms with E-state index in [1.165, 1.54) is 27.6 Å². The lowest BCUT2D eigenvalue weighted by Gasteiger charge is -2.32. The van der Waals surface area contributed by atoms with Gasteiger partial charge in [-0.2, -0.15) is 0 Å². The summed E-state index contributed by atoms with van der Waals surface area (Å²) in [7, 11) is 0. The number of carbonyl (C=O) groups is 1. The van der Waals surface area contributed by atoms with Crippen molar-refractivity contribution in [1.29, 1.82) is 0 Å². The van der Waals surface area contributed by atoms with Crippen LogP contribution >= 0.6 is 0 Å². The Morgan fingerprint density at radius 1 is 1.11 bits per heavy atom. The molecule has 142 valence electrons. The first-order valence-electron chi connectivity index (χ1n) is 10.1. The molecule has 5 heteroatoms. The van der Waals surface area contributed by atoms with E-state index in [0.717, 1.165) is 50.9 Å². The molecule has 1 aliphatic heterocycles. The number of rotatable bonds is 2. The minimum atomic E-state index is -0.0136. The Kier molecular flexibility index (Phi) is 4.43. The van der Waals surface area contributed by atoms with E-state index < -0.39 is 0 Å². The van der Waals surface area contributed by atoms with Gasteiger partial charge in [-0.05, 0) is 66.7 Å². The number of aryl methyl sites for hydroxylation is 2. The fourth-order valence-corrected chi connectivity index (χ4v) is 4.59. The predicted molar refractivity (Wildman–Crippen MR) is 111 cm³/mol. The summed E-state index contributed by atoms with van der Waals surface area (Å²) in [5.41, 5.74) is 4.66. The van der Waals surface area contributed by atoms with Crippen LogP contribution in [0.3, 0.4) is 0 Å². The van der Waals surface area contributed by atoms with E-state index >= 15 is 0 Å². The van der Waals surface area contributed by atoms with Crippen molar-refractivity contribution in [2.24, 2.45) is 0 Å². The number of nitrogens with zero attached hydrogens (tertiary/aromatic N) is 3. The maximum atomic E-state index is 12.7. The number of benzene rings is 1. The third-order valence-corrected chi connectivity index (χ3v) is 6.11. The molecule has 2 aromatic heterocycles. The number of carbonyl (C=O) groups excluding carboxylic acids is 1. The van der Waals surface area contributed by atoms with Crippen molar-refractivity contribution < 1.29 is 4.79 Å². The molecule has 0 bridgehead atoms. The first-order chi connectivity index (χ1) is 13.8. The molecule has 3 heterocycles. The first kappa shape index (κ1) is 17.2. The maximum Gasteiger partial charge on any atom is 0.321 e. The van der Waals surface area contributed by atoms with E-state index in [4.69, 9.17) is 0 Å². The highest BCUT2D eigenvalue weighted by Crippen LogP contribution is 2.33. The molecule has 1 fully saturated rings. The molecular formula is C23H24N4O. The fourth-order valence-electron chi connectivity index (χ4n) is 4.59. The molecule has 1 N–H and O–H groups in total. The molecule has 1 saturated heterocycles. The Balaban J connectivity index is 1.25. The molecule has 0 atom stereocenters. The number of urea groups is 1. The van der Waals surface area contributed by atoms with Crippen LogP contribution in [0.15, 0.2) is 48.9 Å². The zero-order valence-electron chi connectivity index (χ0n) is 15.9. The van der Waals surface area contributed by atoms with Crippen LogP contribution in [0.2, 0.25) is 0 Å². The average molecular weight is 372 g/mol. The molecule has 28 heavy (non-hydrogen) atoms. The Labute approximate surface area is 164 Å². The molecule has 5 rings (SSSR count). The van der Waals surface area contributed by atoms with Crippen molar-refractivity contribution in [2.75, 3.05) is 18.4 Å². The normalized spacial score (nSPS) is 16.9. The van der Waals surface area contributed by atoms with Crippen molar-refractivity contribution in [3.63, 3.8) is 0 Å². The molecule has 0 saturated carbocycles. The van der Waals surface area contributed by atoms with Gasteiger partial charge < -0.3 is 10.2 Å². The number of nitrogens with one attached hydrogen (secondary N) is 1. The number of hydrogen-bond donors (Lipinski definition) is 1. The van der Waals surface area contributed by atoms with Gasteiger partial charge in [0, 0.05) is 36.6 Å². The second-order valence-electron chi connectivity index (χ2n) is 7.82. The lowest BCUT2D eigenvalue weighted by atomic mass is 9.87. The first-order valence-corrected chi connectivity index (χ1v) is 10.1. The Morgan fingerprint density at radius 2 is 2.00 bits per heavy atom. The summed E-state index contributed by atoms with van der Waals surface area (Å²) >= 11 is 0. The van der Waals surface area contributed by atoms with Crippen LogP contribution in [-0.4, -0.2) is 34.0 Å². The van der Waals surface area contributed by atoms with Crippen LogP contribution in [0.1, 0.15) is 42.0 Å². The molecule has 2 aliphatic rings. The van der Waals surface area contributed by atoms with Crippen molar-refractivity contribution in [1.82, 2.24) is 14.9 Å². The van der Waals surface area contributed by atoms with E-state index in [9.17, 15) is 4.79 Å². The number of anilines is 1. The SMILES string of the molecule is O=C(Nc1cnc2c(c1)CCC2)N1CCC(c2cccc3cnccc23)CC1. The standard InChI is InChI=1S/C23H24N4O/c28-23(26-19-13-17-3-2-6-22(17)25-15-19)27-11-8-16(9-12-27)20-5-1-4-18-14-24-10-7-21(18)20/h1,4-5,7,10,13-16H,2-3,6,8-9,11-12H2,(H,26,28). The predicted octanol–water partition coefficient (Wildman–Crippen LogP) is 4.53. The molecule has 1 aliphatic carbocycles. The highest BCUT2D eigenvalue weighted by molar-refractivity contribution is 5.89. The van der Waals surface area contributed by atoms with E-state index in [1.807, 2.05) is 17.3 Å². The van der Waals surface area contributed by atoms with Gasteiger partial charge in [-0.25, -0.2) is 4.79 Å². The van der Waals surface area contributed by atoms with Crippen LogP contribution in [-0.2, 0) is 12.8 Å². The summed E-state index contributed by atoms with van der Waals surface area (Å²) in [6.45, 7) is 1.55. The Morgan fingerprint density at radius 3 is 2.89 bits per heavy atom. The Hall–Kier alpha value is -2.95. The van der Waals surface area contributed by atoms with E-state index in [1.54, 1.807) is 6.20 Å². The van der Waals surface area contributed by atoms with E-state index in [-0.39, 0.29) is 6.03 Å². The molecule has 3 aromatic rings. The van der Waals surface area contributed by atoms with Gasteiger partial charge in [0.1, 0.15) is 0 Å². The minimum absolute atomic E-state index is 0.0136. The summed E-state index contributed by atoms with van der Waals surface area (Å²) in [4.78, 5) is 23.4. The van der Waals surface area contributed by atoms with Crippen LogP contribution < -0.4 is 5.32 Å². The molecule has 5 nitrogen and oxygen atoms in total. The Bertz CT molecular complexity index is 1020. The lowest BCUT2D eigenvalue weighted by Crippen LogP contribution is -2.40. The van der Waals surface area contributed by atoms with Crippen LogP contribution in [0, 0.1) is 0 Å². The highest BCUT2D eigenvalue weighted by atomic mass is 16.2. The summed E-state index contributed by atoms with van der Waals surface area (Å²) in [6, 6.07) is 10.6. The summed E-state index contributed by atoms with van der Waals surface area (Å²) < 4.78 is 0. The summed E-state index contributed by atoms with van der Waals surface area (Å²) in [5.74, 6) is 0.483. The van der Waals surface area contributed by atoms with Crippen molar-refractivity contribution in [3.05, 3.63) is 65.7 Å². The van der Waals surface area contributed by atoms with Gasteiger partial charge in [-0.3, -0.25) is 9.97 Å². The third kappa shape index (κ3) is 3.21. The monoisotopic (exact) mass is 372 g/mol. The number of likely N-dealkylation sites (tertiary alicyclic amines) is 1. The van der Waals surface area contributed by atoms with Gasteiger partial charge in [0.05, 0.1) is 11.9 Å². The smallest absolute Gasteiger partial charge is 0.321 e. The molecule has 0 spiro atoms. The maximum absolute atomic E-state index is 12.7. The van der Waals surface area contributed by atoms with Gasteiger partial charge in [0.15, 0.2) is 0 Å². The second kappa shape index (κ2) is 7.23. The van der Waals surface area contributed by atoms with Gasteiger partial charge in [0.2, 0.25) is 0 Å². The van der Waals surface area contributed by atoms with Gasteiger partial charge in [-0.15, -0.1) is 0 Å². The minimum Gasteiger partial charge on any atom is -0.324 e. The summed E-state index contributed by atoms with van der Waals surface area (Å²) in [5, 5.41) is 5.51. The number of aromatic nitrogens is 2. The number of fused-ring (bicyclic) bond motifs is 2. The van der Waals surface area contributed by atoms with Gasteiger partial charge in [-0.1, -0.05) is 18.2 Å². The van der Waals surface area contributed by atoms with Crippen LogP contribution in [0.4, 0.5) is 10.5 Å². The number of piperidine rings is 1. The van der Waals surface area contributed by atoms with Gasteiger partial charge in [0.25, 0.3) is 0 Å². The zero-order valence-corrected chi connectivity index (χ0v) is 15.9. The second-order valence-corrected chi connectivity index (χ2v) is 7.82. The number of hydrogen-bond acceptors (Lipinski definition) is 3. The van der Waals surface area contributed by atoms with E-state index in [2.05, 4.69) is 45.6 Å². The zero-order chi connectivity index (χ0) is 18.9. The summed E-state index contributed by atoms with van der Waals surface area (Å²) in [6.07, 6.45) is 10.8. The molecule has 0 unspecified atom stereocenters. The fraction of sp³-hybridized carbons (Fsp3) is 0.348. The van der Waals surface area contributed by atoms with Crippen LogP contribution in [0.25, 0.3) is 10.8 Å². The van der Waals surface area contributed by atoms with Crippen molar-refractivity contribution >= 4 is 22.5 Å². The number of amides is 2. The quantitative estimate of drug-likeness (QED) is 0.719. The van der Waals surface area contributed by atoms with Crippen molar-refractivity contribution in [2.45, 2.75) is 38.0 Å². The van der Waals surface area contributed by atoms with Gasteiger partial charge >= 0.3 is 6.03 Å².